The van der Waals surface area contributed by atoms with Crippen LogP contribution in [0.15, 0.2) is 18.2 Å². The Bertz CT molecular complexity index is 552. The molecule has 1 fully saturated rings. The molecule has 3 rings (SSSR count). The van der Waals surface area contributed by atoms with E-state index in [1.54, 1.807) is 11.9 Å². The number of amides is 2. The first-order valence-electron chi connectivity index (χ1n) is 6.95. The van der Waals surface area contributed by atoms with Crippen LogP contribution in [-0.4, -0.2) is 32.0 Å². The predicted octanol–water partition coefficient (Wildman–Crippen LogP) is 1.11. The molecule has 0 saturated heterocycles. The van der Waals surface area contributed by atoms with Gasteiger partial charge in [0, 0.05) is 19.5 Å². The Morgan fingerprint density at radius 2 is 2.25 bits per heavy atom. The number of likely N-dealkylation sites (N-methyl/N-ethyl adjacent to an activating group) is 1. The maximum absolute atomic E-state index is 11.6. The van der Waals surface area contributed by atoms with Crippen LogP contribution in [-0.2, 0) is 16.0 Å². The molecule has 20 heavy (non-hydrogen) atoms. The van der Waals surface area contributed by atoms with Crippen LogP contribution in [0.25, 0.3) is 0 Å². The van der Waals surface area contributed by atoms with Crippen LogP contribution in [0.2, 0.25) is 0 Å². The predicted molar refractivity (Wildman–Crippen MR) is 74.8 cm³/mol. The van der Waals surface area contributed by atoms with E-state index in [1.807, 2.05) is 18.2 Å². The summed E-state index contributed by atoms with van der Waals surface area (Å²) in [6.45, 7) is 0.729. The van der Waals surface area contributed by atoms with E-state index >= 15 is 0 Å². The molecule has 1 saturated carbocycles. The van der Waals surface area contributed by atoms with E-state index in [2.05, 4.69) is 5.32 Å². The van der Waals surface area contributed by atoms with Crippen LogP contribution in [0.4, 0.5) is 5.69 Å². The molecule has 1 N–H and O–H groups in total. The van der Waals surface area contributed by atoms with Crippen LogP contribution >= 0.6 is 0 Å². The molecule has 2 aliphatic rings. The van der Waals surface area contributed by atoms with Gasteiger partial charge in [0.15, 0.2) is 6.61 Å². The number of carbonyl (C=O) groups excluding carboxylic acids is 2. The fraction of sp³-hybridized carbons (Fsp3) is 0.467. The Morgan fingerprint density at radius 1 is 1.45 bits per heavy atom. The van der Waals surface area contributed by atoms with Crippen molar-refractivity contribution in [1.82, 2.24) is 5.32 Å². The number of ether oxygens (including phenoxy) is 1. The SMILES string of the molecule is CN1C(=O)COc2ccc(CCNC(=O)C3CC3)cc21. The summed E-state index contributed by atoms with van der Waals surface area (Å²) in [6, 6.07) is 5.82. The number of benzene rings is 1. The minimum Gasteiger partial charge on any atom is -0.482 e. The number of nitrogens with one attached hydrogen (secondary N) is 1. The van der Waals surface area contributed by atoms with E-state index in [0.717, 1.165) is 36.3 Å². The molecule has 0 spiro atoms. The number of hydrogen-bond acceptors (Lipinski definition) is 3. The Labute approximate surface area is 117 Å². The van der Waals surface area contributed by atoms with Gasteiger partial charge in [-0.15, -0.1) is 0 Å². The third-order valence-corrected chi connectivity index (χ3v) is 3.77. The van der Waals surface area contributed by atoms with Gasteiger partial charge in [0.05, 0.1) is 5.69 Å². The Kier molecular flexibility index (Phi) is 3.34. The molecule has 1 heterocycles. The van der Waals surface area contributed by atoms with Crippen LogP contribution < -0.4 is 15.0 Å². The van der Waals surface area contributed by atoms with E-state index in [4.69, 9.17) is 4.74 Å². The highest BCUT2D eigenvalue weighted by Crippen LogP contribution is 2.32. The molecule has 5 nitrogen and oxygen atoms in total. The summed E-state index contributed by atoms with van der Waals surface area (Å²) in [5, 5.41) is 2.94. The minimum absolute atomic E-state index is 0.0447. The quantitative estimate of drug-likeness (QED) is 0.895. The number of nitrogens with zero attached hydrogens (tertiary/aromatic N) is 1. The fourth-order valence-corrected chi connectivity index (χ4v) is 2.29. The lowest BCUT2D eigenvalue weighted by Crippen LogP contribution is -2.35. The van der Waals surface area contributed by atoms with Gasteiger partial charge in [-0.1, -0.05) is 6.07 Å². The van der Waals surface area contributed by atoms with Crippen molar-refractivity contribution >= 4 is 17.5 Å². The van der Waals surface area contributed by atoms with Crippen molar-refractivity contribution in [3.63, 3.8) is 0 Å². The van der Waals surface area contributed by atoms with Gasteiger partial charge in [-0.3, -0.25) is 9.59 Å². The van der Waals surface area contributed by atoms with Gasteiger partial charge in [0.2, 0.25) is 5.91 Å². The number of hydrogen-bond donors (Lipinski definition) is 1. The largest absolute Gasteiger partial charge is 0.482 e. The van der Waals surface area contributed by atoms with Crippen LogP contribution in [0.5, 0.6) is 5.75 Å². The lowest BCUT2D eigenvalue weighted by atomic mass is 10.1. The molecule has 0 aromatic heterocycles. The standard InChI is InChI=1S/C15H18N2O3/c1-17-12-8-10(2-5-13(12)20-9-14(17)18)6-7-16-15(19)11-3-4-11/h2,5,8,11H,3-4,6-7,9H2,1H3,(H,16,19). The van der Waals surface area contributed by atoms with Crippen LogP contribution in [0, 0.1) is 5.92 Å². The van der Waals surface area contributed by atoms with Gasteiger partial charge in [-0.2, -0.15) is 0 Å². The summed E-state index contributed by atoms with van der Waals surface area (Å²) in [5.41, 5.74) is 1.89. The zero-order chi connectivity index (χ0) is 14.1. The molecule has 0 atom stereocenters. The zero-order valence-electron chi connectivity index (χ0n) is 11.5. The average molecular weight is 274 g/mol. The molecule has 5 heteroatoms. The van der Waals surface area contributed by atoms with Crippen molar-refractivity contribution in [1.29, 1.82) is 0 Å². The number of carbonyl (C=O) groups is 2. The lowest BCUT2D eigenvalue weighted by Gasteiger charge is -2.26. The third-order valence-electron chi connectivity index (χ3n) is 3.77. The summed E-state index contributed by atoms with van der Waals surface area (Å²) in [6.07, 6.45) is 2.80. The Hall–Kier alpha value is -2.04. The zero-order valence-corrected chi connectivity index (χ0v) is 11.5. The molecule has 2 amide bonds. The molecular weight excluding hydrogens is 256 g/mol. The first kappa shape index (κ1) is 13.0. The molecule has 1 aliphatic heterocycles. The summed E-state index contributed by atoms with van der Waals surface area (Å²) in [7, 11) is 1.75. The molecule has 0 radical (unpaired) electrons. The lowest BCUT2D eigenvalue weighted by molar-refractivity contribution is -0.122. The smallest absolute Gasteiger partial charge is 0.264 e. The van der Waals surface area contributed by atoms with E-state index in [9.17, 15) is 9.59 Å². The van der Waals surface area contributed by atoms with Gasteiger partial charge >= 0.3 is 0 Å². The molecular formula is C15H18N2O3. The molecule has 0 bridgehead atoms. The summed E-state index contributed by atoms with van der Waals surface area (Å²) in [5.74, 6) is 1.10. The summed E-state index contributed by atoms with van der Waals surface area (Å²) in [4.78, 5) is 24.8. The Balaban J connectivity index is 1.62. The first-order valence-corrected chi connectivity index (χ1v) is 6.95. The molecule has 0 unspecified atom stereocenters. The maximum atomic E-state index is 11.6. The highest BCUT2D eigenvalue weighted by molar-refractivity contribution is 5.97. The topological polar surface area (TPSA) is 58.6 Å². The van der Waals surface area contributed by atoms with Crippen LogP contribution in [0.3, 0.4) is 0 Å². The summed E-state index contributed by atoms with van der Waals surface area (Å²) < 4.78 is 5.38. The van der Waals surface area contributed by atoms with Gasteiger partial charge in [0.25, 0.3) is 5.91 Å². The fourth-order valence-electron chi connectivity index (χ4n) is 2.29. The normalized spacial score (nSPS) is 17.4. The van der Waals surface area contributed by atoms with Gasteiger partial charge < -0.3 is 15.0 Å². The highest BCUT2D eigenvalue weighted by Gasteiger charge is 2.29. The second-order valence-corrected chi connectivity index (χ2v) is 5.36. The number of anilines is 1. The van der Waals surface area contributed by atoms with E-state index in [1.165, 1.54) is 0 Å². The number of rotatable bonds is 4. The first-order chi connectivity index (χ1) is 9.65. The van der Waals surface area contributed by atoms with Crippen molar-refractivity contribution < 1.29 is 14.3 Å². The van der Waals surface area contributed by atoms with Crippen LogP contribution in [0.1, 0.15) is 18.4 Å². The van der Waals surface area contributed by atoms with Crippen molar-refractivity contribution in [2.75, 3.05) is 25.1 Å². The van der Waals surface area contributed by atoms with E-state index in [0.29, 0.717) is 6.54 Å². The van der Waals surface area contributed by atoms with Gasteiger partial charge in [-0.25, -0.2) is 0 Å². The van der Waals surface area contributed by atoms with Crippen molar-refractivity contribution in [2.24, 2.45) is 5.92 Å². The van der Waals surface area contributed by atoms with Crippen molar-refractivity contribution in [3.8, 4) is 5.75 Å². The number of fused-ring (bicyclic) bond motifs is 1. The van der Waals surface area contributed by atoms with E-state index < -0.39 is 0 Å². The Morgan fingerprint density at radius 3 is 3.00 bits per heavy atom. The van der Waals surface area contributed by atoms with Crippen molar-refractivity contribution in [2.45, 2.75) is 19.3 Å². The van der Waals surface area contributed by atoms with Gasteiger partial charge in [0.1, 0.15) is 5.75 Å². The summed E-state index contributed by atoms with van der Waals surface area (Å²) >= 11 is 0. The average Bonchev–Trinajstić information content (AvgIpc) is 3.28. The third kappa shape index (κ3) is 2.61. The monoisotopic (exact) mass is 274 g/mol. The van der Waals surface area contributed by atoms with Crippen molar-refractivity contribution in [3.05, 3.63) is 23.8 Å². The molecule has 106 valence electrons. The van der Waals surface area contributed by atoms with Gasteiger partial charge in [-0.05, 0) is 37.0 Å². The highest BCUT2D eigenvalue weighted by atomic mass is 16.5. The van der Waals surface area contributed by atoms with E-state index in [-0.39, 0.29) is 24.3 Å². The maximum Gasteiger partial charge on any atom is 0.264 e. The second-order valence-electron chi connectivity index (χ2n) is 5.36. The minimum atomic E-state index is -0.0447. The second kappa shape index (κ2) is 5.15. The molecule has 1 aliphatic carbocycles. The molecule has 1 aromatic carbocycles. The molecule has 1 aromatic rings.